The molecule has 0 amide bonds. The molecule has 66 valence electrons. The van der Waals surface area contributed by atoms with E-state index in [1.165, 1.54) is 0 Å². The highest BCUT2D eigenvalue weighted by Gasteiger charge is 2.15. The second-order valence-corrected chi connectivity index (χ2v) is 2.61. The molecule has 0 saturated heterocycles. The van der Waals surface area contributed by atoms with Crippen LogP contribution in [0.1, 0.15) is 17.1 Å². The molecule has 0 bridgehead atoms. The van der Waals surface area contributed by atoms with Crippen molar-refractivity contribution in [2.24, 2.45) is 0 Å². The summed E-state index contributed by atoms with van der Waals surface area (Å²) < 4.78 is 5.03. The van der Waals surface area contributed by atoms with Crippen molar-refractivity contribution >= 4 is 5.97 Å². The molecule has 1 aromatic rings. The molecule has 0 unspecified atom stereocenters. The summed E-state index contributed by atoms with van der Waals surface area (Å²) in [6, 6.07) is 0. The molecule has 0 radical (unpaired) electrons. The van der Waals surface area contributed by atoms with Gasteiger partial charge in [-0.25, -0.2) is 0 Å². The fraction of sp³-hybridized carbons (Fsp3) is 0.375. The predicted octanol–water partition coefficient (Wildman–Crippen LogP) is 1.23. The van der Waals surface area contributed by atoms with Crippen LogP contribution in [0.15, 0.2) is 4.42 Å². The Morgan fingerprint density at radius 3 is 2.33 bits per heavy atom. The third kappa shape index (κ3) is 1.42. The van der Waals surface area contributed by atoms with Gasteiger partial charge in [0.25, 0.3) is 0 Å². The summed E-state index contributed by atoms with van der Waals surface area (Å²) in [7, 11) is 0. The zero-order chi connectivity index (χ0) is 9.30. The van der Waals surface area contributed by atoms with Crippen molar-refractivity contribution in [1.82, 2.24) is 0 Å². The van der Waals surface area contributed by atoms with Gasteiger partial charge in [-0.3, -0.25) is 4.79 Å². The van der Waals surface area contributed by atoms with E-state index in [0.29, 0.717) is 17.1 Å². The van der Waals surface area contributed by atoms with E-state index in [0.717, 1.165) is 0 Å². The van der Waals surface area contributed by atoms with Gasteiger partial charge in [0.05, 0.1) is 6.42 Å². The highest BCUT2D eigenvalue weighted by Crippen LogP contribution is 2.28. The largest absolute Gasteiger partial charge is 0.504 e. The second kappa shape index (κ2) is 2.89. The van der Waals surface area contributed by atoms with Crippen molar-refractivity contribution < 1.29 is 19.4 Å². The van der Waals surface area contributed by atoms with Gasteiger partial charge in [-0.05, 0) is 13.8 Å². The minimum atomic E-state index is -0.978. The molecule has 0 aromatic carbocycles. The first-order valence-electron chi connectivity index (χ1n) is 3.52. The number of hydrogen-bond donors (Lipinski definition) is 2. The third-order valence-corrected chi connectivity index (χ3v) is 1.68. The van der Waals surface area contributed by atoms with Crippen LogP contribution >= 0.6 is 0 Å². The van der Waals surface area contributed by atoms with Crippen LogP contribution in [0.25, 0.3) is 0 Å². The Hall–Kier alpha value is -1.45. The Morgan fingerprint density at radius 2 is 2.00 bits per heavy atom. The highest BCUT2D eigenvalue weighted by molar-refractivity contribution is 5.71. The van der Waals surface area contributed by atoms with Crippen molar-refractivity contribution in [2.75, 3.05) is 0 Å². The monoisotopic (exact) mass is 170 g/mol. The number of carboxylic acids is 1. The molecule has 0 aliphatic carbocycles. The maximum atomic E-state index is 10.3. The van der Waals surface area contributed by atoms with Gasteiger partial charge < -0.3 is 14.6 Å². The van der Waals surface area contributed by atoms with Gasteiger partial charge in [0, 0.05) is 5.56 Å². The number of furan rings is 1. The van der Waals surface area contributed by atoms with E-state index < -0.39 is 5.97 Å². The molecule has 1 heterocycles. The quantitative estimate of drug-likeness (QED) is 0.700. The molecule has 0 aliphatic rings. The second-order valence-electron chi connectivity index (χ2n) is 2.61. The summed E-state index contributed by atoms with van der Waals surface area (Å²) in [5.74, 6) is -0.194. The molecule has 4 nitrogen and oxygen atoms in total. The van der Waals surface area contributed by atoms with Crippen LogP contribution in [0, 0.1) is 13.8 Å². The number of carboxylic acid groups (broad SMARTS) is 1. The average Bonchev–Trinajstić information content (AvgIpc) is 2.16. The first kappa shape index (κ1) is 8.64. The van der Waals surface area contributed by atoms with Crippen LogP contribution < -0.4 is 0 Å². The number of aryl methyl sites for hydroxylation is 2. The van der Waals surface area contributed by atoms with Crippen molar-refractivity contribution in [3.8, 4) is 5.75 Å². The van der Waals surface area contributed by atoms with Crippen molar-refractivity contribution in [3.05, 3.63) is 17.1 Å². The summed E-state index contributed by atoms with van der Waals surface area (Å²) in [5, 5.41) is 17.8. The van der Waals surface area contributed by atoms with Gasteiger partial charge in [0.15, 0.2) is 5.75 Å². The maximum absolute atomic E-state index is 10.3. The van der Waals surface area contributed by atoms with Gasteiger partial charge in [0.2, 0.25) is 0 Å². The predicted molar refractivity (Wildman–Crippen MR) is 41.2 cm³/mol. The van der Waals surface area contributed by atoms with Crippen LogP contribution in [0.3, 0.4) is 0 Å². The topological polar surface area (TPSA) is 70.7 Å². The Balaban J connectivity index is 3.05. The van der Waals surface area contributed by atoms with E-state index in [2.05, 4.69) is 0 Å². The average molecular weight is 170 g/mol. The van der Waals surface area contributed by atoms with Crippen molar-refractivity contribution in [1.29, 1.82) is 0 Å². The number of carbonyl (C=O) groups is 1. The van der Waals surface area contributed by atoms with Gasteiger partial charge in [-0.1, -0.05) is 0 Å². The van der Waals surface area contributed by atoms with Gasteiger partial charge in [-0.15, -0.1) is 0 Å². The zero-order valence-electron chi connectivity index (χ0n) is 6.92. The third-order valence-electron chi connectivity index (χ3n) is 1.68. The first-order chi connectivity index (χ1) is 5.52. The molecule has 1 rings (SSSR count). The SMILES string of the molecule is Cc1oc(C)c(CC(=O)O)c1O. The lowest BCUT2D eigenvalue weighted by molar-refractivity contribution is -0.136. The van der Waals surface area contributed by atoms with E-state index in [1.807, 2.05) is 0 Å². The molecule has 1 aromatic heterocycles. The lowest BCUT2D eigenvalue weighted by atomic mass is 10.1. The van der Waals surface area contributed by atoms with E-state index in [4.69, 9.17) is 9.52 Å². The normalized spacial score (nSPS) is 10.2. The Kier molecular flexibility index (Phi) is 2.08. The van der Waals surface area contributed by atoms with Gasteiger partial charge in [0.1, 0.15) is 11.5 Å². The number of rotatable bonds is 2. The van der Waals surface area contributed by atoms with Crippen molar-refractivity contribution in [3.63, 3.8) is 0 Å². The number of aliphatic carboxylic acids is 1. The lowest BCUT2D eigenvalue weighted by Gasteiger charge is -1.93. The van der Waals surface area contributed by atoms with Crippen LogP contribution in [0.5, 0.6) is 5.75 Å². The van der Waals surface area contributed by atoms with E-state index in [9.17, 15) is 9.90 Å². The van der Waals surface area contributed by atoms with E-state index >= 15 is 0 Å². The number of aromatic hydroxyl groups is 1. The van der Waals surface area contributed by atoms with E-state index in [-0.39, 0.29) is 12.2 Å². The molecule has 12 heavy (non-hydrogen) atoms. The Labute approximate surface area is 69.4 Å². The summed E-state index contributed by atoms with van der Waals surface area (Å²) in [4.78, 5) is 10.3. The molecule has 0 aliphatic heterocycles. The summed E-state index contributed by atoms with van der Waals surface area (Å²) in [6.45, 7) is 3.22. The molecule has 0 fully saturated rings. The van der Waals surface area contributed by atoms with Crippen LogP contribution in [0.2, 0.25) is 0 Å². The minimum Gasteiger partial charge on any atom is -0.504 e. The standard InChI is InChI=1S/C8H10O4/c1-4-6(3-7(9)10)8(11)5(2)12-4/h11H,3H2,1-2H3,(H,9,10). The molecule has 4 heteroatoms. The molecule has 0 saturated carbocycles. The minimum absolute atomic E-state index is 0.0464. The first-order valence-corrected chi connectivity index (χ1v) is 3.52. The Bertz CT molecular complexity index is 311. The van der Waals surface area contributed by atoms with Crippen LogP contribution in [-0.2, 0) is 11.2 Å². The lowest BCUT2D eigenvalue weighted by Crippen LogP contribution is -2.00. The van der Waals surface area contributed by atoms with Crippen LogP contribution in [-0.4, -0.2) is 16.2 Å². The molecular formula is C8H10O4. The molecule has 0 atom stereocenters. The van der Waals surface area contributed by atoms with E-state index in [1.54, 1.807) is 13.8 Å². The van der Waals surface area contributed by atoms with Crippen molar-refractivity contribution in [2.45, 2.75) is 20.3 Å². The smallest absolute Gasteiger partial charge is 0.308 e. The van der Waals surface area contributed by atoms with Gasteiger partial charge >= 0.3 is 5.97 Å². The fourth-order valence-electron chi connectivity index (χ4n) is 1.08. The fourth-order valence-corrected chi connectivity index (χ4v) is 1.08. The highest BCUT2D eigenvalue weighted by atomic mass is 16.4. The summed E-state index contributed by atoms with van der Waals surface area (Å²) in [5.41, 5.74) is 0.361. The van der Waals surface area contributed by atoms with Crippen LogP contribution in [0.4, 0.5) is 0 Å². The molecular weight excluding hydrogens is 160 g/mol. The summed E-state index contributed by atoms with van der Waals surface area (Å²) in [6.07, 6.45) is -0.199. The van der Waals surface area contributed by atoms with Gasteiger partial charge in [-0.2, -0.15) is 0 Å². The summed E-state index contributed by atoms with van der Waals surface area (Å²) >= 11 is 0. The molecule has 2 N–H and O–H groups in total. The number of hydrogen-bond acceptors (Lipinski definition) is 3. The zero-order valence-corrected chi connectivity index (χ0v) is 6.92. The maximum Gasteiger partial charge on any atom is 0.308 e. The molecule has 0 spiro atoms. The Morgan fingerprint density at radius 1 is 1.42 bits per heavy atom.